The summed E-state index contributed by atoms with van der Waals surface area (Å²) in [5.74, 6) is 0. The van der Waals surface area contributed by atoms with Crippen molar-refractivity contribution in [2.24, 2.45) is 5.41 Å². The quantitative estimate of drug-likeness (QED) is 0.101. The zero-order valence-corrected chi connectivity index (χ0v) is 28.5. The first-order valence-corrected chi connectivity index (χ1v) is 18.4. The average Bonchev–Trinajstić information content (AvgIpc) is 3.80. The highest BCUT2D eigenvalue weighted by Crippen LogP contribution is 2.88. The minimum absolute atomic E-state index is 0.495. The first-order valence-electron chi connectivity index (χ1n) is 16.2. The Morgan fingerprint density at radius 3 is 0.826 bits per heavy atom. The smallest absolute Gasteiger partial charge is 0.0901 e. The Bertz CT molecular complexity index is 3250. The van der Waals surface area contributed by atoms with Crippen molar-refractivity contribution >= 4 is 63.1 Å². The highest BCUT2D eigenvalue weighted by atomic mass is 32.1. The van der Waals surface area contributed by atoms with Gasteiger partial charge in [-0.1, -0.05) is 60.7 Å². The zero-order valence-electron chi connectivity index (χ0n) is 24.0. The number of hydrogen-bond donors (Lipinski definition) is 5. The fourth-order valence-electron chi connectivity index (χ4n) is 14.2. The van der Waals surface area contributed by atoms with Crippen LogP contribution >= 0.6 is 63.1 Å². The van der Waals surface area contributed by atoms with Crippen LogP contribution in [0.3, 0.4) is 0 Å². The molecule has 0 aliphatic heterocycles. The van der Waals surface area contributed by atoms with E-state index in [9.17, 15) is 0 Å². The number of thiol groups is 5. The maximum absolute atomic E-state index is 6.14. The molecule has 11 aliphatic carbocycles. The molecule has 0 saturated heterocycles. The molecule has 0 radical (unpaired) electrons. The maximum atomic E-state index is 6.14. The fourth-order valence-corrected chi connectivity index (χ4v) is 17.9. The van der Waals surface area contributed by atoms with E-state index in [1.54, 1.807) is 0 Å². The second-order valence-electron chi connectivity index (χ2n) is 15.7. The molecule has 0 amide bonds. The molecule has 0 bridgehead atoms. The summed E-state index contributed by atoms with van der Waals surface area (Å²) in [6, 6.07) is 23.9. The van der Waals surface area contributed by atoms with E-state index in [1.165, 1.54) is 130 Å². The standard InChI is InChI=1S/C41H18S5/c1-36-34-32-33-35(36)40(45)27-17-7-5-15-13-3-2-12-14-4-6-16-18-8-10-20-21-11-9-19(17)29(40)31(21)41(36,46)30(20)28(18)39(34,44)26(16)24(14)37(32,42)22(12)23(13)38(33,43)25(15)27/h2-11,42-46H,1H3/t36?,37-,38+,39-,40+,41?. The third kappa shape index (κ3) is 1.40. The lowest BCUT2D eigenvalue weighted by Gasteiger charge is -2.62. The van der Waals surface area contributed by atoms with Gasteiger partial charge in [-0.3, -0.25) is 0 Å². The van der Waals surface area contributed by atoms with Gasteiger partial charge in [-0.25, -0.2) is 0 Å². The van der Waals surface area contributed by atoms with E-state index in [0.717, 1.165) is 0 Å². The lowest BCUT2D eigenvalue weighted by Crippen LogP contribution is -2.58. The van der Waals surface area contributed by atoms with Crippen molar-refractivity contribution in [3.8, 4) is 0 Å². The Morgan fingerprint density at radius 1 is 0.326 bits per heavy atom. The van der Waals surface area contributed by atoms with Gasteiger partial charge in [0.05, 0.1) is 23.7 Å². The Morgan fingerprint density at radius 2 is 0.543 bits per heavy atom. The predicted molar refractivity (Wildman–Crippen MR) is 192 cm³/mol. The summed E-state index contributed by atoms with van der Waals surface area (Å²) in [4.78, 5) is 0. The molecule has 0 fully saturated rings. The molecular weight excluding hydrogens is 653 g/mol. The zero-order chi connectivity index (χ0) is 29.9. The van der Waals surface area contributed by atoms with Crippen LogP contribution < -0.4 is 0 Å². The molecule has 2 unspecified atom stereocenters. The maximum Gasteiger partial charge on any atom is 0.0901 e. The van der Waals surface area contributed by atoms with E-state index < -0.39 is 29.2 Å². The highest BCUT2D eigenvalue weighted by Gasteiger charge is 2.81. The van der Waals surface area contributed by atoms with E-state index in [2.05, 4.69) is 67.6 Å². The highest BCUT2D eigenvalue weighted by molar-refractivity contribution is 7.83. The van der Waals surface area contributed by atoms with Crippen LogP contribution in [0, 0.1) is 57.6 Å². The van der Waals surface area contributed by atoms with Gasteiger partial charge in [0, 0.05) is 5.41 Å². The topological polar surface area (TPSA) is 0 Å². The molecule has 11 aliphatic rings. The summed E-state index contributed by atoms with van der Waals surface area (Å²) in [5.41, 5.74) is 18.6. The third-order valence-electron chi connectivity index (χ3n) is 15.0. The van der Waals surface area contributed by atoms with Crippen LogP contribution in [0.4, 0.5) is 0 Å². The van der Waals surface area contributed by atoms with Crippen LogP contribution in [-0.4, -0.2) is 0 Å². The Kier molecular flexibility index (Phi) is 2.70. The van der Waals surface area contributed by atoms with Crippen molar-refractivity contribution in [2.75, 3.05) is 0 Å². The minimum atomic E-state index is -0.605. The van der Waals surface area contributed by atoms with Gasteiger partial charge in [0.15, 0.2) is 0 Å². The summed E-state index contributed by atoms with van der Waals surface area (Å²) in [7, 11) is 0. The predicted octanol–water partition coefficient (Wildman–Crippen LogP) is 7.54. The van der Waals surface area contributed by atoms with Crippen LogP contribution in [0.25, 0.3) is 0 Å². The monoisotopic (exact) mass is 670 g/mol. The lowest BCUT2D eigenvalue weighted by molar-refractivity contribution is 0.311. The normalized spacial score (nSPS) is 38.1. The molecule has 212 valence electrons. The van der Waals surface area contributed by atoms with Crippen molar-refractivity contribution in [3.05, 3.63) is 191 Å². The first kappa shape index (κ1) is 22.8. The summed E-state index contributed by atoms with van der Waals surface area (Å²) >= 11 is 30.4. The number of benzene rings is 5. The SMILES string of the molecule is CC12C3=C4C5=C1[C@]1(S)c6c7c8ccc6=c6ccc9c(c61)[C@]5(S)c1c5c(ccc1=9)=c1ccc6c(c1[C@]45S)[C@]3(S)c1c(c=8ccc1=6)C72S. The second-order valence-corrected chi connectivity index (χ2v) is 19.1. The van der Waals surface area contributed by atoms with Gasteiger partial charge in [-0.05, 0) is 137 Å². The van der Waals surface area contributed by atoms with Crippen molar-refractivity contribution in [2.45, 2.75) is 30.7 Å². The van der Waals surface area contributed by atoms with Gasteiger partial charge >= 0.3 is 0 Å². The van der Waals surface area contributed by atoms with Crippen LogP contribution in [0.5, 0.6) is 0 Å². The molecule has 5 aromatic rings. The van der Waals surface area contributed by atoms with E-state index >= 15 is 0 Å². The van der Waals surface area contributed by atoms with Crippen molar-refractivity contribution in [1.82, 2.24) is 0 Å². The van der Waals surface area contributed by atoms with Gasteiger partial charge in [0.2, 0.25) is 0 Å². The van der Waals surface area contributed by atoms with Gasteiger partial charge in [-0.15, -0.1) is 0 Å². The third-order valence-corrected chi connectivity index (χ3v) is 18.6. The molecule has 5 heteroatoms. The number of hydrogen-bond acceptors (Lipinski definition) is 5. The van der Waals surface area contributed by atoms with E-state index in [1.807, 2.05) is 0 Å². The summed E-state index contributed by atoms with van der Waals surface area (Å²) in [6.45, 7) is 2.52. The summed E-state index contributed by atoms with van der Waals surface area (Å²) < 4.78 is -2.99. The molecule has 46 heavy (non-hydrogen) atoms. The van der Waals surface area contributed by atoms with Gasteiger partial charge < -0.3 is 0 Å². The molecule has 16 rings (SSSR count). The van der Waals surface area contributed by atoms with Crippen LogP contribution in [0.15, 0.2) is 83.0 Å². The van der Waals surface area contributed by atoms with Crippen molar-refractivity contribution in [1.29, 1.82) is 0 Å². The molecule has 0 aromatic heterocycles. The second kappa shape index (κ2) is 5.44. The largest absolute Gasteiger partial charge is 0.161 e. The molecule has 0 nitrogen and oxygen atoms in total. The average molecular weight is 671 g/mol. The van der Waals surface area contributed by atoms with Gasteiger partial charge in [0.25, 0.3) is 0 Å². The molecular formula is C41H18S5. The molecule has 0 spiro atoms. The lowest BCUT2D eigenvalue weighted by atomic mass is 9.48. The molecule has 0 saturated carbocycles. The first-order chi connectivity index (χ1) is 22.1. The summed E-state index contributed by atoms with van der Waals surface area (Å²) in [6.07, 6.45) is 0. The number of rotatable bonds is 0. The molecule has 5 aromatic carbocycles. The van der Waals surface area contributed by atoms with Crippen LogP contribution in [0.1, 0.15) is 62.6 Å². The van der Waals surface area contributed by atoms with E-state index in [4.69, 9.17) is 63.1 Å². The fraction of sp³-hybridized carbons (Fsp3) is 0.171. The minimum Gasteiger partial charge on any atom is -0.161 e. The van der Waals surface area contributed by atoms with Crippen molar-refractivity contribution < 1.29 is 0 Å². The van der Waals surface area contributed by atoms with Crippen molar-refractivity contribution in [3.63, 3.8) is 0 Å². The Balaban J connectivity index is 1.44. The Hall–Kier alpha value is -2.67. The molecule has 0 heterocycles. The van der Waals surface area contributed by atoms with Gasteiger partial charge in [0.1, 0.15) is 0 Å². The van der Waals surface area contributed by atoms with E-state index in [0.29, 0.717) is 0 Å². The van der Waals surface area contributed by atoms with E-state index in [-0.39, 0.29) is 0 Å². The van der Waals surface area contributed by atoms with Crippen LogP contribution in [0.2, 0.25) is 0 Å². The molecule has 6 atom stereocenters. The Labute approximate surface area is 288 Å². The molecule has 0 N–H and O–H groups in total. The van der Waals surface area contributed by atoms with Gasteiger partial charge in [-0.2, -0.15) is 63.1 Å². The van der Waals surface area contributed by atoms with Crippen LogP contribution in [-0.2, 0) is 23.7 Å². The summed E-state index contributed by atoms with van der Waals surface area (Å²) in [5, 5.41) is 13.2.